The maximum Gasteiger partial charge on any atom is 0.265 e. The van der Waals surface area contributed by atoms with E-state index in [-0.39, 0.29) is 11.9 Å². The Balaban J connectivity index is 1.20. The Labute approximate surface area is 196 Å². The molecule has 1 fully saturated rings. The third kappa shape index (κ3) is 4.58. The van der Waals surface area contributed by atoms with Crippen molar-refractivity contribution in [1.29, 1.82) is 0 Å². The molecule has 33 heavy (non-hydrogen) atoms. The van der Waals surface area contributed by atoms with E-state index in [4.69, 9.17) is 4.52 Å². The van der Waals surface area contributed by atoms with Crippen molar-refractivity contribution < 1.29 is 9.32 Å². The highest BCUT2D eigenvalue weighted by atomic mass is 32.1. The molecule has 1 unspecified atom stereocenters. The van der Waals surface area contributed by atoms with Crippen LogP contribution in [-0.2, 0) is 0 Å². The molecule has 4 aromatic rings. The topological polar surface area (TPSA) is 75.4 Å². The summed E-state index contributed by atoms with van der Waals surface area (Å²) >= 11 is 1.44. The first-order valence-electron chi connectivity index (χ1n) is 11.0. The molecule has 1 aliphatic heterocycles. The van der Waals surface area contributed by atoms with Gasteiger partial charge in [0, 0.05) is 37.3 Å². The molecule has 1 saturated heterocycles. The summed E-state index contributed by atoms with van der Waals surface area (Å²) in [5.41, 5.74) is 3.17. The van der Waals surface area contributed by atoms with E-state index in [2.05, 4.69) is 33.9 Å². The lowest BCUT2D eigenvalue weighted by molar-refractivity contribution is 0.0555. The number of rotatable bonds is 5. The van der Waals surface area contributed by atoms with E-state index in [1.807, 2.05) is 59.5 Å². The maximum atomic E-state index is 13.0. The molecule has 0 spiro atoms. The fourth-order valence-corrected chi connectivity index (χ4v) is 4.83. The SMILES string of the molecule is Cc1ccc(-c2noc(C(C)N3CCN(C(=O)c4cnc(-c5ccccc5)s4)CC3)n2)cc1. The van der Waals surface area contributed by atoms with Crippen LogP contribution >= 0.6 is 11.3 Å². The second kappa shape index (κ2) is 9.25. The zero-order valence-electron chi connectivity index (χ0n) is 18.6. The molecule has 0 radical (unpaired) electrons. The minimum atomic E-state index is -0.0120. The minimum Gasteiger partial charge on any atom is -0.337 e. The molecule has 0 bridgehead atoms. The first-order valence-corrected chi connectivity index (χ1v) is 11.9. The molecule has 3 heterocycles. The molecule has 1 atom stereocenters. The number of aromatic nitrogens is 3. The number of hydrogen-bond acceptors (Lipinski definition) is 7. The zero-order chi connectivity index (χ0) is 22.8. The van der Waals surface area contributed by atoms with Gasteiger partial charge in [0.05, 0.1) is 12.2 Å². The molecule has 0 aliphatic carbocycles. The van der Waals surface area contributed by atoms with E-state index in [0.717, 1.165) is 29.2 Å². The van der Waals surface area contributed by atoms with Crippen LogP contribution in [0.5, 0.6) is 0 Å². The van der Waals surface area contributed by atoms with Gasteiger partial charge in [0.2, 0.25) is 11.7 Å². The van der Waals surface area contributed by atoms with Gasteiger partial charge in [-0.2, -0.15) is 4.98 Å². The van der Waals surface area contributed by atoms with Crippen molar-refractivity contribution in [2.24, 2.45) is 0 Å². The van der Waals surface area contributed by atoms with Gasteiger partial charge >= 0.3 is 0 Å². The summed E-state index contributed by atoms with van der Waals surface area (Å²) in [7, 11) is 0. The number of thiazole rings is 1. The molecule has 2 aromatic carbocycles. The molecule has 168 valence electrons. The van der Waals surface area contributed by atoms with Crippen molar-refractivity contribution in [3.63, 3.8) is 0 Å². The van der Waals surface area contributed by atoms with Crippen molar-refractivity contribution in [2.75, 3.05) is 26.2 Å². The quantitative estimate of drug-likeness (QED) is 0.431. The average Bonchev–Trinajstić information content (AvgIpc) is 3.55. The van der Waals surface area contributed by atoms with Crippen LogP contribution < -0.4 is 0 Å². The summed E-state index contributed by atoms with van der Waals surface area (Å²) in [5.74, 6) is 1.24. The molecule has 1 amide bonds. The molecule has 7 nitrogen and oxygen atoms in total. The number of nitrogens with zero attached hydrogens (tertiary/aromatic N) is 5. The summed E-state index contributed by atoms with van der Waals surface area (Å²) < 4.78 is 5.56. The predicted octanol–water partition coefficient (Wildman–Crippen LogP) is 4.69. The van der Waals surface area contributed by atoms with E-state index in [1.165, 1.54) is 16.9 Å². The lowest BCUT2D eigenvalue weighted by Gasteiger charge is -2.36. The summed E-state index contributed by atoms with van der Waals surface area (Å²) in [6.45, 7) is 6.93. The summed E-state index contributed by atoms with van der Waals surface area (Å²) in [6.07, 6.45) is 1.69. The van der Waals surface area contributed by atoms with Crippen molar-refractivity contribution in [2.45, 2.75) is 19.9 Å². The molecule has 1 aliphatic rings. The summed E-state index contributed by atoms with van der Waals surface area (Å²) in [6, 6.07) is 18.0. The van der Waals surface area contributed by atoms with Crippen molar-refractivity contribution in [1.82, 2.24) is 24.9 Å². The van der Waals surface area contributed by atoms with Gasteiger partial charge in [-0.25, -0.2) is 4.98 Å². The van der Waals surface area contributed by atoms with Crippen LogP contribution in [-0.4, -0.2) is 57.0 Å². The molecular formula is C25H25N5O2S. The second-order valence-electron chi connectivity index (χ2n) is 8.22. The molecule has 8 heteroatoms. The van der Waals surface area contributed by atoms with Gasteiger partial charge in [-0.1, -0.05) is 65.3 Å². The van der Waals surface area contributed by atoms with Crippen LogP contribution in [0.15, 0.2) is 65.3 Å². The first-order chi connectivity index (χ1) is 16.1. The van der Waals surface area contributed by atoms with E-state index >= 15 is 0 Å². The van der Waals surface area contributed by atoms with Gasteiger partial charge in [0.25, 0.3) is 5.91 Å². The number of hydrogen-bond donors (Lipinski definition) is 0. The predicted molar refractivity (Wildman–Crippen MR) is 128 cm³/mol. The average molecular weight is 460 g/mol. The summed E-state index contributed by atoms with van der Waals surface area (Å²) in [4.78, 5) is 26.9. The fraction of sp³-hybridized carbons (Fsp3) is 0.280. The molecular weight excluding hydrogens is 434 g/mol. The fourth-order valence-electron chi connectivity index (χ4n) is 3.94. The second-order valence-corrected chi connectivity index (χ2v) is 9.25. The van der Waals surface area contributed by atoms with E-state index in [1.54, 1.807) is 6.20 Å². The van der Waals surface area contributed by atoms with Crippen LogP contribution in [0.3, 0.4) is 0 Å². The molecule has 0 N–H and O–H groups in total. The molecule has 0 saturated carbocycles. The monoisotopic (exact) mass is 459 g/mol. The van der Waals surface area contributed by atoms with E-state index in [0.29, 0.717) is 29.7 Å². The Kier molecular flexibility index (Phi) is 6.02. The van der Waals surface area contributed by atoms with Crippen molar-refractivity contribution in [3.05, 3.63) is 77.1 Å². The Morgan fingerprint density at radius 3 is 2.45 bits per heavy atom. The van der Waals surface area contributed by atoms with Crippen LogP contribution in [0.25, 0.3) is 22.0 Å². The lowest BCUT2D eigenvalue weighted by atomic mass is 10.1. The Morgan fingerprint density at radius 1 is 1.00 bits per heavy atom. The van der Waals surface area contributed by atoms with Crippen molar-refractivity contribution in [3.8, 4) is 22.0 Å². The maximum absolute atomic E-state index is 13.0. The minimum absolute atomic E-state index is 0.0120. The van der Waals surface area contributed by atoms with E-state index < -0.39 is 0 Å². The van der Waals surface area contributed by atoms with Crippen molar-refractivity contribution >= 4 is 17.2 Å². The highest BCUT2D eigenvalue weighted by Gasteiger charge is 2.29. The van der Waals surface area contributed by atoms with Gasteiger partial charge in [-0.3, -0.25) is 9.69 Å². The smallest absolute Gasteiger partial charge is 0.265 e. The number of carbonyl (C=O) groups is 1. The molecule has 2 aromatic heterocycles. The van der Waals surface area contributed by atoms with Gasteiger partial charge in [-0.05, 0) is 13.8 Å². The van der Waals surface area contributed by atoms with Crippen LogP contribution in [0, 0.1) is 6.92 Å². The standard InChI is InChI=1S/C25H25N5O2S/c1-17-8-10-19(11-9-17)22-27-23(32-28-22)18(2)29-12-14-30(15-13-29)25(31)21-16-26-24(33-21)20-6-4-3-5-7-20/h3-11,16,18H,12-15H2,1-2H3. The largest absolute Gasteiger partial charge is 0.337 e. The van der Waals surface area contributed by atoms with Gasteiger partial charge in [-0.15, -0.1) is 11.3 Å². The number of carbonyl (C=O) groups excluding carboxylic acids is 1. The number of piperazine rings is 1. The highest BCUT2D eigenvalue weighted by Crippen LogP contribution is 2.27. The number of aryl methyl sites for hydroxylation is 1. The molecule has 5 rings (SSSR count). The van der Waals surface area contributed by atoms with Crippen LogP contribution in [0.1, 0.15) is 34.1 Å². The van der Waals surface area contributed by atoms with Crippen LogP contribution in [0.4, 0.5) is 0 Å². The Bertz CT molecular complexity index is 1230. The summed E-state index contributed by atoms with van der Waals surface area (Å²) in [5, 5.41) is 5.03. The Hall–Kier alpha value is -3.36. The lowest BCUT2D eigenvalue weighted by Crippen LogP contribution is -2.49. The van der Waals surface area contributed by atoms with Gasteiger partial charge in [0.15, 0.2) is 0 Å². The Morgan fingerprint density at radius 2 is 1.73 bits per heavy atom. The van der Waals surface area contributed by atoms with Crippen LogP contribution in [0.2, 0.25) is 0 Å². The highest BCUT2D eigenvalue weighted by molar-refractivity contribution is 7.16. The van der Waals surface area contributed by atoms with E-state index in [9.17, 15) is 4.79 Å². The zero-order valence-corrected chi connectivity index (χ0v) is 19.5. The normalized spacial score (nSPS) is 15.5. The number of amides is 1. The number of benzene rings is 2. The third-order valence-electron chi connectivity index (χ3n) is 6.00. The third-order valence-corrected chi connectivity index (χ3v) is 7.03. The first kappa shape index (κ1) is 21.5. The van der Waals surface area contributed by atoms with Gasteiger partial charge in [0.1, 0.15) is 9.88 Å². The van der Waals surface area contributed by atoms with Gasteiger partial charge < -0.3 is 9.42 Å².